The molecule has 1 amide bonds. The molecule has 5 aromatic rings. The summed E-state index contributed by atoms with van der Waals surface area (Å²) in [5, 5.41) is 7.16. The van der Waals surface area contributed by atoms with Gasteiger partial charge in [0.2, 0.25) is 0 Å². The number of imidazole rings is 1. The van der Waals surface area contributed by atoms with E-state index in [0.717, 1.165) is 30.3 Å². The van der Waals surface area contributed by atoms with Crippen LogP contribution in [0.1, 0.15) is 37.0 Å². The Morgan fingerprint density at radius 2 is 1.90 bits per heavy atom. The second-order valence-electron chi connectivity index (χ2n) is 8.17. The van der Waals surface area contributed by atoms with Gasteiger partial charge in [0.1, 0.15) is 0 Å². The number of nitrogens with one attached hydrogen (secondary N) is 1. The van der Waals surface area contributed by atoms with Gasteiger partial charge in [-0.1, -0.05) is 6.07 Å². The van der Waals surface area contributed by atoms with E-state index in [-0.39, 0.29) is 11.3 Å². The van der Waals surface area contributed by atoms with Crippen molar-refractivity contribution in [2.45, 2.75) is 26.2 Å². The topological polar surface area (TPSA) is 72.4 Å². The molecule has 0 fully saturated rings. The van der Waals surface area contributed by atoms with Crippen LogP contribution in [0, 0.1) is 7.27 Å². The summed E-state index contributed by atoms with van der Waals surface area (Å²) in [6.07, 6.45) is 1.79. The van der Waals surface area contributed by atoms with E-state index < -0.39 is 21.2 Å². The zero-order valence-electron chi connectivity index (χ0n) is 17.2. The fourth-order valence-electron chi connectivity index (χ4n) is 3.11. The molecule has 0 bridgehead atoms. The van der Waals surface area contributed by atoms with Crippen LogP contribution in [0.3, 0.4) is 0 Å². The van der Waals surface area contributed by atoms with Gasteiger partial charge in [-0.15, -0.1) is 0 Å². The van der Waals surface area contributed by atoms with Gasteiger partial charge in [-0.05, 0) is 0 Å². The number of carbonyl (C=O) groups excluding carboxylic acids is 1. The molecule has 0 saturated carbocycles. The number of nitrogens with zero attached hydrogens (tertiary/aromatic N) is 3. The Bertz CT molecular complexity index is 1390. The normalized spacial score (nSPS) is 12.1. The average molecular weight is 543 g/mol. The van der Waals surface area contributed by atoms with Gasteiger partial charge < -0.3 is 0 Å². The molecule has 158 valence electrons. The van der Waals surface area contributed by atoms with Crippen molar-refractivity contribution in [3.63, 3.8) is 0 Å². The van der Waals surface area contributed by atoms with Crippen LogP contribution in [0.2, 0.25) is 0 Å². The maximum absolute atomic E-state index is 12.7. The number of amides is 1. The molecule has 3 heterocycles. The van der Waals surface area contributed by atoms with E-state index in [2.05, 4.69) is 48.4 Å². The number of hydrogen-bond acceptors (Lipinski definition) is 5. The molecule has 0 aliphatic rings. The summed E-state index contributed by atoms with van der Waals surface area (Å²) in [7, 11) is 0. The molecule has 0 spiro atoms. The van der Waals surface area contributed by atoms with E-state index in [0.29, 0.717) is 5.69 Å². The SMILES string of the molecule is CC(C)(C)c1cc([I-]c2ccc(NC(=O)c3cn4c(n3)sc3ccccc34)cc2)no1. The van der Waals surface area contributed by atoms with Crippen LogP contribution in [0.4, 0.5) is 5.69 Å². The molecule has 6 nitrogen and oxygen atoms in total. The zero-order chi connectivity index (χ0) is 21.6. The van der Waals surface area contributed by atoms with Crippen LogP contribution < -0.4 is 26.5 Å². The quantitative estimate of drug-likeness (QED) is 0.353. The molecule has 0 aliphatic carbocycles. The standard InChI is InChI=1S/C23H20IN4O2S/c1-23(2,3)19-12-20(27-30-19)24-14-8-10-15(11-9-14)25-21(29)16-13-28-17-6-4-5-7-18(17)31-22(28)26-16/h4-13H,1-3H3,(H,25,29)/q-1. The number of fused-ring (bicyclic) bond motifs is 3. The summed E-state index contributed by atoms with van der Waals surface area (Å²) in [6.45, 7) is 6.33. The van der Waals surface area contributed by atoms with E-state index in [4.69, 9.17) is 4.52 Å². The first kappa shape index (κ1) is 20.2. The molecular weight excluding hydrogens is 523 g/mol. The molecule has 0 unspecified atom stereocenters. The summed E-state index contributed by atoms with van der Waals surface area (Å²) < 4.78 is 10.8. The van der Waals surface area contributed by atoms with Crippen molar-refractivity contribution in [2.24, 2.45) is 0 Å². The molecule has 0 aliphatic heterocycles. The molecular formula is C23H20IN4O2S-. The number of carbonyl (C=O) groups is 1. The number of aromatic nitrogens is 3. The second-order valence-corrected chi connectivity index (χ2v) is 12.1. The Labute approximate surface area is 193 Å². The first-order chi connectivity index (χ1) is 14.9. The Hall–Kier alpha value is -2.72. The van der Waals surface area contributed by atoms with Crippen LogP contribution >= 0.6 is 11.3 Å². The van der Waals surface area contributed by atoms with Crippen molar-refractivity contribution >= 4 is 38.1 Å². The third kappa shape index (κ3) is 4.09. The predicted molar refractivity (Wildman–Crippen MR) is 118 cm³/mol. The monoisotopic (exact) mass is 543 g/mol. The molecule has 3 aromatic heterocycles. The number of para-hydroxylation sites is 1. The zero-order valence-corrected chi connectivity index (χ0v) is 20.2. The first-order valence-corrected chi connectivity index (χ1v) is 12.7. The Morgan fingerprint density at radius 1 is 1.13 bits per heavy atom. The summed E-state index contributed by atoms with van der Waals surface area (Å²) in [5.74, 6) is 0.688. The Balaban J connectivity index is 1.28. The van der Waals surface area contributed by atoms with E-state index >= 15 is 0 Å². The van der Waals surface area contributed by atoms with E-state index in [1.54, 1.807) is 17.5 Å². The Kier molecular flexibility index (Phi) is 5.05. The maximum atomic E-state index is 12.7. The van der Waals surface area contributed by atoms with Gasteiger partial charge in [0.15, 0.2) is 0 Å². The molecule has 1 N–H and O–H groups in total. The summed E-state index contributed by atoms with van der Waals surface area (Å²) in [4.78, 5) is 18.0. The van der Waals surface area contributed by atoms with Gasteiger partial charge >= 0.3 is 188 Å². The van der Waals surface area contributed by atoms with Gasteiger partial charge in [-0.25, -0.2) is 0 Å². The average Bonchev–Trinajstić information content (AvgIpc) is 3.43. The summed E-state index contributed by atoms with van der Waals surface area (Å²) in [5.41, 5.74) is 2.17. The number of hydrogen-bond donors (Lipinski definition) is 1. The first-order valence-electron chi connectivity index (χ1n) is 9.77. The van der Waals surface area contributed by atoms with Crippen molar-refractivity contribution in [3.8, 4) is 0 Å². The van der Waals surface area contributed by atoms with Crippen molar-refractivity contribution < 1.29 is 30.5 Å². The molecule has 0 saturated heterocycles. The number of benzene rings is 2. The van der Waals surface area contributed by atoms with Gasteiger partial charge in [0.05, 0.1) is 0 Å². The third-order valence-corrected chi connectivity index (χ3v) is 8.20. The predicted octanol–water partition coefficient (Wildman–Crippen LogP) is 2.22. The van der Waals surface area contributed by atoms with Gasteiger partial charge in [-0.2, -0.15) is 0 Å². The van der Waals surface area contributed by atoms with Crippen molar-refractivity contribution in [3.05, 3.63) is 79.5 Å². The summed E-state index contributed by atoms with van der Waals surface area (Å²) >= 11 is 1.14. The van der Waals surface area contributed by atoms with E-state index in [1.807, 2.05) is 46.9 Å². The van der Waals surface area contributed by atoms with E-state index in [1.165, 1.54) is 3.57 Å². The number of anilines is 1. The van der Waals surface area contributed by atoms with Crippen LogP contribution in [0.5, 0.6) is 0 Å². The molecule has 2 aromatic carbocycles. The number of rotatable bonds is 4. The van der Waals surface area contributed by atoms with Crippen LogP contribution in [-0.4, -0.2) is 20.4 Å². The van der Waals surface area contributed by atoms with Crippen LogP contribution in [0.15, 0.2) is 65.3 Å². The van der Waals surface area contributed by atoms with Crippen LogP contribution in [0.25, 0.3) is 15.2 Å². The van der Waals surface area contributed by atoms with Crippen LogP contribution in [-0.2, 0) is 5.41 Å². The fraction of sp³-hybridized carbons (Fsp3) is 0.174. The number of thiazole rings is 1. The van der Waals surface area contributed by atoms with Crippen molar-refractivity contribution in [1.82, 2.24) is 14.5 Å². The Morgan fingerprint density at radius 3 is 2.65 bits per heavy atom. The van der Waals surface area contributed by atoms with Gasteiger partial charge in [0.25, 0.3) is 0 Å². The number of halogens is 1. The molecule has 31 heavy (non-hydrogen) atoms. The minimum atomic E-state index is -0.434. The third-order valence-electron chi connectivity index (χ3n) is 4.76. The molecule has 5 rings (SSSR count). The fourth-order valence-corrected chi connectivity index (χ4v) is 6.11. The van der Waals surface area contributed by atoms with Crippen molar-refractivity contribution in [2.75, 3.05) is 5.32 Å². The second kappa shape index (κ2) is 7.76. The van der Waals surface area contributed by atoms with Gasteiger partial charge in [0, 0.05) is 0 Å². The molecule has 0 atom stereocenters. The van der Waals surface area contributed by atoms with E-state index in [9.17, 15) is 4.79 Å². The molecule has 0 radical (unpaired) electrons. The van der Waals surface area contributed by atoms with Gasteiger partial charge in [-0.3, -0.25) is 0 Å². The summed E-state index contributed by atoms with van der Waals surface area (Å²) in [6, 6.07) is 18.0. The molecule has 8 heteroatoms. The van der Waals surface area contributed by atoms with Crippen molar-refractivity contribution in [1.29, 1.82) is 0 Å². The minimum absolute atomic E-state index is 0.0446.